The van der Waals surface area contributed by atoms with Crippen molar-refractivity contribution >= 4 is 41.2 Å². The molecule has 0 aliphatic carbocycles. The van der Waals surface area contributed by atoms with Gasteiger partial charge in [0.2, 0.25) is 0 Å². The van der Waals surface area contributed by atoms with Crippen molar-refractivity contribution in [2.75, 3.05) is 0 Å². The third kappa shape index (κ3) is 7.22. The van der Waals surface area contributed by atoms with E-state index in [9.17, 15) is 13.7 Å². The number of nitrogens with zero attached hydrogens (tertiary/aromatic N) is 1. The number of hydrogen-bond acceptors (Lipinski definition) is 3. The zero-order valence-corrected chi connectivity index (χ0v) is 26.6. The number of aryl methyl sites for hydroxylation is 2. The predicted molar refractivity (Wildman–Crippen MR) is 171 cm³/mol. The fourth-order valence-corrected chi connectivity index (χ4v) is 9.91. The number of benzene rings is 5. The first kappa shape index (κ1) is 29.8. The molecule has 4 nitrogen and oxygen atoms in total. The van der Waals surface area contributed by atoms with E-state index < -0.39 is 27.8 Å². The molecule has 5 aromatic rings. The summed E-state index contributed by atoms with van der Waals surface area (Å²) in [6.07, 6.45) is 0. The Kier molecular flexibility index (Phi) is 9.97. The number of nitrogens with one attached hydrogen (secondary N) is 1. The summed E-state index contributed by atoms with van der Waals surface area (Å²) in [6, 6.07) is 42.9. The molecule has 0 aliphatic heterocycles. The van der Waals surface area contributed by atoms with Crippen LogP contribution in [0.15, 0.2) is 142 Å². The Morgan fingerprint density at radius 1 is 0.690 bits per heavy atom. The Labute approximate surface area is 259 Å². The monoisotopic (exact) mass is 654 g/mol. The molecule has 0 radical (unpaired) electrons. The van der Waals surface area contributed by atoms with Gasteiger partial charge in [-0.15, -0.1) is 0 Å². The molecule has 210 valence electrons. The second kappa shape index (κ2) is 14.0. The molecule has 0 aromatic heterocycles. The van der Waals surface area contributed by atoms with Crippen molar-refractivity contribution in [2.24, 2.45) is 0 Å². The second-order valence-electron chi connectivity index (χ2n) is 9.88. The van der Waals surface area contributed by atoms with Gasteiger partial charge in [0.05, 0.1) is 0 Å². The van der Waals surface area contributed by atoms with Crippen molar-refractivity contribution in [2.45, 2.75) is 39.4 Å². The van der Waals surface area contributed by atoms with Crippen molar-refractivity contribution in [3.05, 3.63) is 155 Å². The summed E-state index contributed by atoms with van der Waals surface area (Å²) in [4.78, 5) is 1.99. The number of nitriles is 1. The summed E-state index contributed by atoms with van der Waals surface area (Å²) in [5.74, 6) is 0. The molecule has 5 rings (SSSR count). The zero-order chi connectivity index (χ0) is 29.5. The van der Waals surface area contributed by atoms with Crippen molar-refractivity contribution in [1.29, 1.82) is 5.26 Å². The van der Waals surface area contributed by atoms with Gasteiger partial charge in [0, 0.05) is 0 Å². The van der Waals surface area contributed by atoms with Gasteiger partial charge >= 0.3 is 260 Å². The third-order valence-electron chi connectivity index (χ3n) is 6.84. The van der Waals surface area contributed by atoms with Gasteiger partial charge in [-0.25, -0.2) is 0 Å². The van der Waals surface area contributed by atoms with Crippen LogP contribution in [0.1, 0.15) is 38.7 Å². The molecule has 0 heterocycles. The van der Waals surface area contributed by atoms with E-state index >= 15 is 0 Å². The fraction of sp³-hybridized carbons (Fsp3) is 0.114. The molecule has 0 spiro atoms. The molecule has 0 saturated carbocycles. The van der Waals surface area contributed by atoms with Crippen LogP contribution in [0, 0.1) is 25.2 Å². The van der Waals surface area contributed by atoms with Crippen LogP contribution in [0.3, 0.4) is 0 Å². The third-order valence-corrected chi connectivity index (χ3v) is 12.3. The molecule has 0 unspecified atom stereocenters. The molecule has 0 amide bonds. The number of hydrogen-bond donors (Lipinski definition) is 1. The van der Waals surface area contributed by atoms with E-state index in [4.69, 9.17) is 0 Å². The molecule has 0 saturated heterocycles. The maximum absolute atomic E-state index is 14.1. The average Bonchev–Trinajstić information content (AvgIpc) is 3.03. The Hall–Kier alpha value is -3.63. The van der Waals surface area contributed by atoms with Crippen LogP contribution in [0.4, 0.5) is 0 Å². The van der Waals surface area contributed by atoms with Crippen LogP contribution in [0.2, 0.25) is 0 Å². The first-order chi connectivity index (χ1) is 20.4. The van der Waals surface area contributed by atoms with Crippen LogP contribution in [-0.4, -0.2) is 23.4 Å². The molecule has 5 aromatic carbocycles. The second-order valence-corrected chi connectivity index (χ2v) is 15.1. The molecule has 7 heteroatoms. The summed E-state index contributed by atoms with van der Waals surface area (Å²) < 4.78 is 32.5. The van der Waals surface area contributed by atoms with Gasteiger partial charge in [-0.05, 0) is 0 Å². The van der Waals surface area contributed by atoms with Crippen LogP contribution in [-0.2, 0) is 21.8 Å². The Balaban J connectivity index is 1.65. The van der Waals surface area contributed by atoms with Gasteiger partial charge in [-0.1, -0.05) is 0 Å². The average molecular weight is 654 g/mol. The van der Waals surface area contributed by atoms with Crippen LogP contribution in [0.5, 0.6) is 0 Å². The quantitative estimate of drug-likeness (QED) is 0.176. The van der Waals surface area contributed by atoms with Crippen molar-refractivity contribution in [3.63, 3.8) is 0 Å². The van der Waals surface area contributed by atoms with Gasteiger partial charge in [-0.2, -0.15) is 0 Å². The SMILES string of the molecule is Cc1ccc([S@](=O)c2ccccc2[C@H]([Se]c2ccccc2)[C@H](N[S@@](=O)c2ccc(C)cc2)c2ccc(C#N)cc2)cc1. The normalized spacial score (nSPS) is 13.9. The van der Waals surface area contributed by atoms with Crippen LogP contribution < -0.4 is 9.18 Å². The molecule has 0 aliphatic rings. The number of rotatable bonds is 10. The minimum atomic E-state index is -1.52. The van der Waals surface area contributed by atoms with E-state index in [1.54, 1.807) is 12.1 Å². The van der Waals surface area contributed by atoms with Crippen LogP contribution >= 0.6 is 0 Å². The fourth-order valence-electron chi connectivity index (χ4n) is 4.54. The molecule has 1 N–H and O–H groups in total. The summed E-state index contributed by atoms with van der Waals surface area (Å²) in [7, 11) is -2.93. The Morgan fingerprint density at radius 2 is 1.26 bits per heavy atom. The van der Waals surface area contributed by atoms with Gasteiger partial charge in [0.15, 0.2) is 0 Å². The van der Waals surface area contributed by atoms with E-state index in [0.29, 0.717) is 10.5 Å². The predicted octanol–water partition coefficient (Wildman–Crippen LogP) is 6.47. The zero-order valence-electron chi connectivity index (χ0n) is 23.3. The molecular weight excluding hydrogens is 623 g/mol. The van der Waals surface area contributed by atoms with E-state index in [1.807, 2.05) is 117 Å². The molecule has 4 atom stereocenters. The maximum atomic E-state index is 14.1. The summed E-state index contributed by atoms with van der Waals surface area (Å²) in [5.41, 5.74) is 4.62. The first-order valence-corrected chi connectivity index (χ1v) is 17.6. The summed E-state index contributed by atoms with van der Waals surface area (Å²) >= 11 is -0.141. The van der Waals surface area contributed by atoms with Gasteiger partial charge in [0.25, 0.3) is 0 Å². The van der Waals surface area contributed by atoms with Gasteiger partial charge in [0.1, 0.15) is 0 Å². The summed E-state index contributed by atoms with van der Waals surface area (Å²) in [5, 5.41) is 9.44. The minimum absolute atomic E-state index is 0.141. The molecule has 0 fully saturated rings. The van der Waals surface area contributed by atoms with E-state index in [-0.39, 0.29) is 19.8 Å². The Bertz CT molecular complexity index is 1730. The van der Waals surface area contributed by atoms with Gasteiger partial charge in [-0.3, -0.25) is 0 Å². The molecular formula is C35H30N2O2S2Se. The van der Waals surface area contributed by atoms with E-state index in [0.717, 1.165) is 32.0 Å². The van der Waals surface area contributed by atoms with Crippen molar-refractivity contribution in [1.82, 2.24) is 4.72 Å². The summed E-state index contributed by atoms with van der Waals surface area (Å²) in [6.45, 7) is 4.02. The first-order valence-electron chi connectivity index (χ1n) is 13.5. The molecule has 42 heavy (non-hydrogen) atoms. The van der Waals surface area contributed by atoms with Crippen LogP contribution in [0.25, 0.3) is 0 Å². The van der Waals surface area contributed by atoms with Crippen molar-refractivity contribution < 1.29 is 8.42 Å². The topological polar surface area (TPSA) is 70.0 Å². The standard InChI is InChI=1S/C35H30N2O2S2Se/c1-25-12-20-29(21-13-25)40(38)33-11-7-6-10-32(33)35(42-31-8-4-3-5-9-31)34(28-18-16-27(24-36)17-19-28)37-41(39)30-22-14-26(2)15-23-30/h3-23,34-35,37H,1-2H3/t34-,35+,40+,41+/m1/s1. The van der Waals surface area contributed by atoms with E-state index in [2.05, 4.69) is 22.9 Å². The van der Waals surface area contributed by atoms with E-state index in [1.165, 1.54) is 4.46 Å². The van der Waals surface area contributed by atoms with Gasteiger partial charge < -0.3 is 0 Å². The Morgan fingerprint density at radius 3 is 1.88 bits per heavy atom. The molecule has 0 bridgehead atoms. The van der Waals surface area contributed by atoms with Crippen molar-refractivity contribution in [3.8, 4) is 6.07 Å².